The molecule has 0 amide bonds. The molecule has 0 aliphatic heterocycles. The van der Waals surface area contributed by atoms with Crippen LogP contribution in [-0.4, -0.2) is 106 Å². The van der Waals surface area contributed by atoms with Crippen LogP contribution in [0, 0.1) is 0 Å². The van der Waals surface area contributed by atoms with E-state index in [1.165, 1.54) is 4.90 Å². The molecule has 0 aliphatic rings. The van der Waals surface area contributed by atoms with Crippen LogP contribution in [0.1, 0.15) is 83.1 Å². The fourth-order valence-corrected chi connectivity index (χ4v) is 3.25. The Morgan fingerprint density at radius 1 is 0.538 bits per heavy atom. The maximum absolute atomic E-state index is 12.6. The predicted molar refractivity (Wildman–Crippen MR) is 143 cm³/mol. The van der Waals surface area contributed by atoms with Crippen molar-refractivity contribution in [1.29, 1.82) is 0 Å². The quantitative estimate of drug-likeness (QED) is 0.276. The van der Waals surface area contributed by atoms with Crippen LogP contribution >= 0.6 is 0 Å². The second kappa shape index (κ2) is 14.1. The van der Waals surface area contributed by atoms with E-state index in [-0.39, 0.29) is 0 Å². The van der Waals surface area contributed by atoms with Crippen LogP contribution in [0.4, 0.5) is 0 Å². The van der Waals surface area contributed by atoms with Crippen molar-refractivity contribution in [3.8, 4) is 0 Å². The van der Waals surface area contributed by atoms with Crippen LogP contribution < -0.4 is 0 Å². The van der Waals surface area contributed by atoms with Crippen molar-refractivity contribution in [2.45, 2.75) is 112 Å². The highest BCUT2D eigenvalue weighted by molar-refractivity contribution is 5.80. The molecule has 12 nitrogen and oxygen atoms in total. The van der Waals surface area contributed by atoms with E-state index in [9.17, 15) is 29.1 Å². The van der Waals surface area contributed by atoms with Crippen molar-refractivity contribution in [3.63, 3.8) is 0 Å². The summed E-state index contributed by atoms with van der Waals surface area (Å²) in [4.78, 5) is 65.3. The first kappa shape index (κ1) is 36.3. The van der Waals surface area contributed by atoms with Gasteiger partial charge in [-0.2, -0.15) is 0 Å². The summed E-state index contributed by atoms with van der Waals surface area (Å²) in [5.41, 5.74) is -3.35. The van der Waals surface area contributed by atoms with E-state index in [2.05, 4.69) is 0 Å². The summed E-state index contributed by atoms with van der Waals surface area (Å²) in [7, 11) is 0. The van der Waals surface area contributed by atoms with Gasteiger partial charge in [-0.1, -0.05) is 0 Å². The second-order valence-electron chi connectivity index (χ2n) is 13.3. The number of carboxylic acid groups (broad SMARTS) is 1. The molecule has 0 saturated heterocycles. The van der Waals surface area contributed by atoms with Gasteiger partial charge >= 0.3 is 29.8 Å². The lowest BCUT2D eigenvalue weighted by atomic mass is 10.1. The Morgan fingerprint density at radius 3 is 1.03 bits per heavy atom. The minimum Gasteiger partial charge on any atom is -0.480 e. The van der Waals surface area contributed by atoms with E-state index < -0.39 is 91.0 Å². The lowest BCUT2D eigenvalue weighted by Crippen LogP contribution is -2.54. The van der Waals surface area contributed by atoms with Crippen molar-refractivity contribution in [1.82, 2.24) is 9.80 Å². The molecule has 0 aromatic heterocycles. The van der Waals surface area contributed by atoms with E-state index >= 15 is 0 Å². The van der Waals surface area contributed by atoms with E-state index in [1.54, 1.807) is 83.1 Å². The number of rotatable bonds is 12. The molecule has 0 aliphatic carbocycles. The lowest BCUT2D eigenvalue weighted by Gasteiger charge is -2.33. The number of carbonyl (C=O) groups is 5. The van der Waals surface area contributed by atoms with Crippen LogP contribution in [0.5, 0.6) is 0 Å². The van der Waals surface area contributed by atoms with Crippen LogP contribution in [0.2, 0.25) is 0 Å². The number of hydrogen-bond donors (Lipinski definition) is 1. The van der Waals surface area contributed by atoms with Crippen molar-refractivity contribution in [2.24, 2.45) is 0 Å². The fraction of sp³-hybridized carbons (Fsp3) is 0.815. The second-order valence-corrected chi connectivity index (χ2v) is 13.3. The molecule has 0 saturated carbocycles. The molecule has 0 unspecified atom stereocenters. The molecule has 0 bridgehead atoms. The first-order chi connectivity index (χ1) is 17.3. The number of ether oxygens (including phenoxy) is 4. The molecule has 0 aromatic rings. The highest BCUT2D eigenvalue weighted by atomic mass is 16.6. The van der Waals surface area contributed by atoms with Gasteiger partial charge in [-0.05, 0) is 83.1 Å². The largest absolute Gasteiger partial charge is 0.480 e. The van der Waals surface area contributed by atoms with Crippen molar-refractivity contribution in [2.75, 3.05) is 32.7 Å². The maximum Gasteiger partial charge on any atom is 0.322 e. The van der Waals surface area contributed by atoms with E-state index in [0.29, 0.717) is 0 Å². The topological polar surface area (TPSA) is 149 Å². The highest BCUT2D eigenvalue weighted by Crippen LogP contribution is 2.14. The van der Waals surface area contributed by atoms with E-state index in [4.69, 9.17) is 18.9 Å². The van der Waals surface area contributed by atoms with Gasteiger partial charge in [-0.3, -0.25) is 33.8 Å². The fourth-order valence-electron chi connectivity index (χ4n) is 3.25. The molecule has 1 atom stereocenters. The summed E-state index contributed by atoms with van der Waals surface area (Å²) in [6.07, 6.45) is 0. The van der Waals surface area contributed by atoms with Gasteiger partial charge in [0, 0.05) is 6.54 Å². The monoisotopic (exact) mass is 560 g/mol. The summed E-state index contributed by atoms with van der Waals surface area (Å²) in [6.45, 7) is 17.6. The molecule has 1 N–H and O–H groups in total. The Bertz CT molecular complexity index is 813. The minimum absolute atomic E-state index is 0.417. The third kappa shape index (κ3) is 19.0. The number of hydrogen-bond acceptors (Lipinski definition) is 11. The average Bonchev–Trinajstić information content (AvgIpc) is 2.58. The summed E-state index contributed by atoms with van der Waals surface area (Å²) in [5, 5.41) is 10.1. The molecule has 0 spiro atoms. The minimum atomic E-state index is -1.50. The Labute approximate surface area is 232 Å². The zero-order valence-electron chi connectivity index (χ0n) is 25.6. The van der Waals surface area contributed by atoms with Gasteiger partial charge in [0.05, 0.1) is 26.2 Å². The summed E-state index contributed by atoms with van der Waals surface area (Å²) >= 11 is 0. The predicted octanol–water partition coefficient (Wildman–Crippen LogP) is 2.41. The molecule has 0 fully saturated rings. The normalized spacial score (nSPS) is 13.6. The zero-order valence-corrected chi connectivity index (χ0v) is 25.6. The number of carbonyl (C=O) groups excluding carboxylic acids is 4. The van der Waals surface area contributed by atoms with Crippen LogP contribution in [-0.2, 0) is 42.9 Å². The summed E-state index contributed by atoms with van der Waals surface area (Å²) in [5.74, 6) is -4.30. The molecular weight excluding hydrogens is 512 g/mol. The lowest BCUT2D eigenvalue weighted by molar-refractivity contribution is -0.167. The highest BCUT2D eigenvalue weighted by Gasteiger charge is 2.35. The van der Waals surface area contributed by atoms with Gasteiger partial charge in [0.15, 0.2) is 0 Å². The third-order valence-corrected chi connectivity index (χ3v) is 4.21. The number of esters is 4. The Hall–Kier alpha value is -2.73. The molecule has 0 rings (SSSR count). The number of nitrogens with zero attached hydrogens (tertiary/aromatic N) is 2. The molecule has 226 valence electrons. The van der Waals surface area contributed by atoms with Crippen molar-refractivity contribution >= 4 is 29.8 Å². The van der Waals surface area contributed by atoms with Crippen molar-refractivity contribution < 1.29 is 48.0 Å². The first-order valence-electron chi connectivity index (χ1n) is 12.8. The Morgan fingerprint density at radius 2 is 0.795 bits per heavy atom. The first-order valence-corrected chi connectivity index (χ1v) is 12.8. The molecular formula is C27H48N2O10. The van der Waals surface area contributed by atoms with Gasteiger partial charge < -0.3 is 24.1 Å². The molecule has 0 heterocycles. The van der Waals surface area contributed by atoms with Gasteiger partial charge in [0.2, 0.25) is 0 Å². The Balaban J connectivity index is 6.20. The van der Waals surface area contributed by atoms with Gasteiger partial charge in [-0.25, -0.2) is 0 Å². The van der Waals surface area contributed by atoms with Crippen molar-refractivity contribution in [3.05, 3.63) is 0 Å². The van der Waals surface area contributed by atoms with Crippen LogP contribution in [0.3, 0.4) is 0 Å². The van der Waals surface area contributed by atoms with Gasteiger partial charge in [0.1, 0.15) is 28.4 Å². The molecule has 0 radical (unpaired) electrons. The van der Waals surface area contributed by atoms with Crippen LogP contribution in [0.15, 0.2) is 0 Å². The smallest absolute Gasteiger partial charge is 0.322 e. The SMILES string of the molecule is CC(C)(C)OC(=O)CN(CC(=O)OC(C)(C)C)C[C@H](C(=O)O)N(CC(=O)OC(C)(C)C)CC(=O)OC(C)(C)C. The summed E-state index contributed by atoms with van der Waals surface area (Å²) < 4.78 is 21.4. The zero-order chi connectivity index (χ0) is 31.0. The molecule has 39 heavy (non-hydrogen) atoms. The molecule has 0 aromatic carbocycles. The average molecular weight is 561 g/mol. The standard InChI is InChI=1S/C27H48N2O10/c1-24(2,3)36-19(30)14-28(15-20(31)37-25(4,5)6)13-18(23(34)35)29(16-21(32)38-26(7,8)9)17-22(33)39-27(10,11)12/h18H,13-17H2,1-12H3,(H,34,35)/t18-/m1/s1. The number of aliphatic carboxylic acids is 1. The van der Waals surface area contributed by atoms with E-state index in [0.717, 1.165) is 4.90 Å². The number of carboxylic acids is 1. The molecule has 12 heteroatoms. The maximum atomic E-state index is 12.6. The van der Waals surface area contributed by atoms with Gasteiger partial charge in [0.25, 0.3) is 0 Å². The third-order valence-electron chi connectivity index (χ3n) is 4.21. The van der Waals surface area contributed by atoms with Gasteiger partial charge in [-0.15, -0.1) is 0 Å². The Kier molecular flexibility index (Phi) is 13.1. The van der Waals surface area contributed by atoms with Crippen LogP contribution in [0.25, 0.3) is 0 Å². The summed E-state index contributed by atoms with van der Waals surface area (Å²) in [6, 6.07) is -1.50. The van der Waals surface area contributed by atoms with E-state index in [1.807, 2.05) is 0 Å².